The van der Waals surface area contributed by atoms with Crippen LogP contribution in [0.25, 0.3) is 0 Å². The number of aliphatic hydroxyl groups excluding tert-OH is 5. The first-order valence-corrected chi connectivity index (χ1v) is 14.3. The van der Waals surface area contributed by atoms with Crippen LogP contribution in [0.15, 0.2) is 0 Å². The second kappa shape index (κ2) is 16.7. The zero-order chi connectivity index (χ0) is 31.7. The van der Waals surface area contributed by atoms with Gasteiger partial charge in [0.15, 0.2) is 18.9 Å². The third kappa shape index (κ3) is 10.1. The van der Waals surface area contributed by atoms with Crippen LogP contribution in [-0.4, -0.2) is 155 Å². The molecule has 10 atom stereocenters. The van der Waals surface area contributed by atoms with Crippen molar-refractivity contribution in [1.29, 1.82) is 0 Å². The topological polar surface area (TPSA) is 243 Å². The highest BCUT2D eigenvalue weighted by Crippen LogP contribution is 2.30. The van der Waals surface area contributed by atoms with Crippen molar-refractivity contribution in [2.75, 3.05) is 39.4 Å². The second-order valence-corrected chi connectivity index (χ2v) is 10.7. The Bertz CT molecular complexity index is 956. The number of Topliss-reactive ketones (excluding diaryl/α,β-unsaturated/α-hetero) is 1. The number of hydrogen-bond donors (Lipinski definition) is 7. The zero-order valence-electron chi connectivity index (χ0n) is 24.2. The molecule has 0 aromatic carbocycles. The SMILES string of the molecule is CC(=O)CCCCC(=O)N1CC(=O)NCCO[C@@H]2O[C@@H](O[C@@H]3[C@H](OCCNC(=O)C1)O[C@@H](C)[C@@H](O)[C@H]3O)[C@@H](O)[C@@H](O)[C@@H]2O. The van der Waals surface area contributed by atoms with Gasteiger partial charge < -0.3 is 69.5 Å². The summed E-state index contributed by atoms with van der Waals surface area (Å²) in [5, 5.41) is 57.3. The number of aliphatic hydroxyl groups is 5. The molecule has 3 rings (SSSR count). The number of fused-ring (bicyclic) bond motifs is 3. The molecule has 0 aromatic heterocycles. The summed E-state index contributed by atoms with van der Waals surface area (Å²) >= 11 is 0. The van der Waals surface area contributed by atoms with Gasteiger partial charge in [0.1, 0.15) is 55.5 Å². The Hall–Kier alpha value is -2.32. The van der Waals surface area contributed by atoms with Crippen LogP contribution in [0.1, 0.15) is 39.5 Å². The monoisotopic (exact) mass is 621 g/mol. The van der Waals surface area contributed by atoms with E-state index in [1.165, 1.54) is 13.8 Å². The predicted octanol–water partition coefficient (Wildman–Crippen LogP) is -4.14. The highest BCUT2D eigenvalue weighted by atomic mass is 16.8. The van der Waals surface area contributed by atoms with Crippen LogP contribution in [-0.2, 0) is 42.9 Å². The molecule has 0 unspecified atom stereocenters. The number of ketones is 1. The number of ether oxygens (including phenoxy) is 5. The average Bonchev–Trinajstić information content (AvgIpc) is 2.96. The normalized spacial score (nSPS) is 37.1. The van der Waals surface area contributed by atoms with Crippen LogP contribution in [0.3, 0.4) is 0 Å². The summed E-state index contributed by atoms with van der Waals surface area (Å²) in [5.74, 6) is -1.64. The summed E-state index contributed by atoms with van der Waals surface area (Å²) in [7, 11) is 0. The Morgan fingerprint density at radius 1 is 0.744 bits per heavy atom. The fraction of sp³-hybridized carbons (Fsp3) is 0.846. The largest absolute Gasteiger partial charge is 0.388 e. The predicted molar refractivity (Wildman–Crippen MR) is 142 cm³/mol. The number of carbonyl (C=O) groups excluding carboxylic acids is 4. The molecule has 3 heterocycles. The van der Waals surface area contributed by atoms with Gasteiger partial charge in [-0.1, -0.05) is 0 Å². The van der Waals surface area contributed by atoms with Gasteiger partial charge in [0, 0.05) is 25.9 Å². The molecule has 0 aromatic rings. The maximum Gasteiger partial charge on any atom is 0.239 e. The van der Waals surface area contributed by atoms with E-state index in [2.05, 4.69) is 10.6 Å². The molecule has 0 radical (unpaired) electrons. The summed E-state index contributed by atoms with van der Waals surface area (Å²) in [4.78, 5) is 50.3. The van der Waals surface area contributed by atoms with Crippen molar-refractivity contribution in [2.24, 2.45) is 0 Å². The van der Waals surface area contributed by atoms with E-state index in [1.54, 1.807) is 0 Å². The summed E-state index contributed by atoms with van der Waals surface area (Å²) < 4.78 is 27.9. The lowest BCUT2D eigenvalue weighted by Gasteiger charge is -2.45. The van der Waals surface area contributed by atoms with Crippen molar-refractivity contribution < 1.29 is 68.4 Å². The Kier molecular flexibility index (Phi) is 13.6. The van der Waals surface area contributed by atoms with Crippen LogP contribution in [0.5, 0.6) is 0 Å². The molecule has 3 fully saturated rings. The van der Waals surface area contributed by atoms with E-state index in [-0.39, 0.29) is 38.5 Å². The minimum Gasteiger partial charge on any atom is -0.388 e. The molecule has 3 aliphatic heterocycles. The van der Waals surface area contributed by atoms with Crippen molar-refractivity contribution in [3.63, 3.8) is 0 Å². The molecule has 17 heteroatoms. The molecule has 43 heavy (non-hydrogen) atoms. The fourth-order valence-corrected chi connectivity index (χ4v) is 4.73. The van der Waals surface area contributed by atoms with Crippen molar-refractivity contribution in [1.82, 2.24) is 15.5 Å². The summed E-state index contributed by atoms with van der Waals surface area (Å²) in [6, 6.07) is 0. The fourth-order valence-electron chi connectivity index (χ4n) is 4.73. The number of nitrogens with one attached hydrogen (secondary N) is 2. The van der Waals surface area contributed by atoms with Crippen molar-refractivity contribution >= 4 is 23.5 Å². The number of rotatable bonds is 5. The first-order chi connectivity index (χ1) is 20.4. The standard InChI is InChI=1S/C26H43N3O14/c1-13(30)5-3-4-6-17(33)29-11-15(31)27-7-9-39-24-21(37)19(35)22(38)25(43-24)42-23-20(36)18(34)14(2)41-26(23)40-10-8-28-16(32)12-29/h14,18-26,34-38H,3-12H2,1-2H3,(H,27,31)(H,28,32)/t14-,18+,19-,20+,21-,22-,23-,24+,25+,26+/m0/s1. The lowest BCUT2D eigenvalue weighted by Crippen LogP contribution is -2.64. The third-order valence-electron chi connectivity index (χ3n) is 7.21. The number of amides is 3. The lowest BCUT2D eigenvalue weighted by atomic mass is 9.99. The number of carbonyl (C=O) groups is 4. The summed E-state index contributed by atoms with van der Waals surface area (Å²) in [6.07, 6.45) is -13.9. The molecule has 2 bridgehead atoms. The van der Waals surface area contributed by atoms with E-state index < -0.39 is 92.4 Å². The van der Waals surface area contributed by atoms with E-state index in [9.17, 15) is 44.7 Å². The van der Waals surface area contributed by atoms with E-state index in [4.69, 9.17) is 23.7 Å². The Labute approximate surface area is 248 Å². The number of nitrogens with zero attached hydrogens (tertiary/aromatic N) is 1. The van der Waals surface area contributed by atoms with Gasteiger partial charge >= 0.3 is 0 Å². The van der Waals surface area contributed by atoms with Crippen molar-refractivity contribution in [3.8, 4) is 0 Å². The van der Waals surface area contributed by atoms with Gasteiger partial charge in [-0.05, 0) is 26.7 Å². The molecule has 0 aliphatic carbocycles. The number of unbranched alkanes of at least 4 members (excludes halogenated alkanes) is 1. The molecule has 17 nitrogen and oxygen atoms in total. The highest BCUT2D eigenvalue weighted by Gasteiger charge is 2.50. The van der Waals surface area contributed by atoms with Gasteiger partial charge in [-0.15, -0.1) is 0 Å². The third-order valence-corrected chi connectivity index (χ3v) is 7.21. The zero-order valence-corrected chi connectivity index (χ0v) is 24.2. The van der Waals surface area contributed by atoms with Gasteiger partial charge in [0.2, 0.25) is 17.7 Å². The van der Waals surface area contributed by atoms with Gasteiger partial charge in [-0.25, -0.2) is 0 Å². The van der Waals surface area contributed by atoms with E-state index >= 15 is 0 Å². The molecule has 3 aliphatic rings. The van der Waals surface area contributed by atoms with Crippen LogP contribution in [0.2, 0.25) is 0 Å². The Morgan fingerprint density at radius 2 is 1.30 bits per heavy atom. The van der Waals surface area contributed by atoms with Crippen LogP contribution in [0.4, 0.5) is 0 Å². The van der Waals surface area contributed by atoms with Gasteiger partial charge in [-0.2, -0.15) is 0 Å². The maximum absolute atomic E-state index is 12.8. The van der Waals surface area contributed by atoms with E-state index in [1.807, 2.05) is 0 Å². The smallest absolute Gasteiger partial charge is 0.239 e. The van der Waals surface area contributed by atoms with Crippen LogP contribution < -0.4 is 10.6 Å². The molecule has 3 amide bonds. The first-order valence-electron chi connectivity index (χ1n) is 14.3. The molecule has 0 spiro atoms. The molecule has 246 valence electrons. The Morgan fingerprint density at radius 3 is 1.91 bits per heavy atom. The van der Waals surface area contributed by atoms with Crippen LogP contribution in [0, 0.1) is 0 Å². The molecule has 3 saturated heterocycles. The van der Waals surface area contributed by atoms with Crippen LogP contribution >= 0.6 is 0 Å². The summed E-state index contributed by atoms with van der Waals surface area (Å²) in [6.45, 7) is 1.47. The minimum atomic E-state index is -1.79. The van der Waals surface area contributed by atoms with E-state index in [0.29, 0.717) is 19.3 Å². The first kappa shape index (κ1) is 35.2. The molecule has 0 saturated carbocycles. The van der Waals surface area contributed by atoms with Crippen molar-refractivity contribution in [2.45, 2.75) is 101 Å². The summed E-state index contributed by atoms with van der Waals surface area (Å²) in [5.41, 5.74) is 0. The van der Waals surface area contributed by atoms with E-state index in [0.717, 1.165) is 4.90 Å². The lowest BCUT2D eigenvalue weighted by molar-refractivity contribution is -0.387. The molecular weight excluding hydrogens is 578 g/mol. The molecular formula is C26H43N3O14. The Balaban J connectivity index is 1.74. The van der Waals surface area contributed by atoms with Gasteiger partial charge in [0.25, 0.3) is 0 Å². The second-order valence-electron chi connectivity index (χ2n) is 10.7. The van der Waals surface area contributed by atoms with Gasteiger partial charge in [0.05, 0.1) is 19.3 Å². The molecule has 7 N–H and O–H groups in total. The van der Waals surface area contributed by atoms with Gasteiger partial charge in [-0.3, -0.25) is 14.4 Å². The maximum atomic E-state index is 12.8. The highest BCUT2D eigenvalue weighted by molar-refractivity contribution is 5.89. The minimum absolute atomic E-state index is 0.00753. The quantitative estimate of drug-likeness (QED) is 0.144. The van der Waals surface area contributed by atoms with Crippen molar-refractivity contribution in [3.05, 3.63) is 0 Å². The average molecular weight is 622 g/mol. The number of hydrogen-bond acceptors (Lipinski definition) is 14.